The lowest BCUT2D eigenvalue weighted by Gasteiger charge is -2.19. The maximum atomic E-state index is 13.2. The molecule has 7 heteroatoms. The second kappa shape index (κ2) is 12.0. The topological polar surface area (TPSA) is 73.2 Å². The number of hydrogen-bond acceptors (Lipinski definition) is 5. The van der Waals surface area contributed by atoms with E-state index in [0.29, 0.717) is 48.2 Å². The van der Waals surface area contributed by atoms with Gasteiger partial charge in [-0.3, -0.25) is 14.2 Å². The van der Waals surface area contributed by atoms with Crippen LogP contribution < -0.4 is 10.9 Å². The van der Waals surface area contributed by atoms with Crippen LogP contribution in [0.2, 0.25) is 0 Å². The van der Waals surface area contributed by atoms with E-state index in [-0.39, 0.29) is 11.5 Å². The minimum atomic E-state index is -0.429. The van der Waals surface area contributed by atoms with Crippen LogP contribution in [-0.2, 0) is 16.1 Å². The van der Waals surface area contributed by atoms with E-state index < -0.39 is 5.25 Å². The number of fused-ring (bicyclic) bond motifs is 1. The largest absolute Gasteiger partial charge is 0.382 e. The van der Waals surface area contributed by atoms with Gasteiger partial charge in [-0.1, -0.05) is 55.9 Å². The van der Waals surface area contributed by atoms with Crippen molar-refractivity contribution < 1.29 is 9.53 Å². The molecule has 0 saturated heterocycles. The average Bonchev–Trinajstić information content (AvgIpc) is 2.83. The highest BCUT2D eigenvalue weighted by Gasteiger charge is 2.21. The van der Waals surface area contributed by atoms with Crippen molar-refractivity contribution in [2.24, 2.45) is 0 Å². The summed E-state index contributed by atoms with van der Waals surface area (Å²) >= 11 is 1.31. The number of amides is 1. The molecule has 0 radical (unpaired) electrons. The summed E-state index contributed by atoms with van der Waals surface area (Å²) in [7, 11) is 0. The highest BCUT2D eigenvalue weighted by molar-refractivity contribution is 8.00. The number of carbonyl (C=O) groups is 1. The first kappa shape index (κ1) is 25.0. The molecule has 2 atom stereocenters. The number of benzene rings is 2. The van der Waals surface area contributed by atoms with Gasteiger partial charge in [0, 0.05) is 25.4 Å². The molecule has 0 fully saturated rings. The van der Waals surface area contributed by atoms with Gasteiger partial charge >= 0.3 is 0 Å². The summed E-state index contributed by atoms with van der Waals surface area (Å²) in [6.45, 7) is 9.79. The standard InChI is InChI=1S/C26H33N3O3S/c1-5-18(3)20-12-7-9-14-22(20)27-24(30)19(4)33-26-28-23-15-10-8-13-21(23)25(31)29(26)16-11-17-32-6-2/h7-10,12-15,18-19H,5-6,11,16-17H2,1-4H3,(H,27,30). The third kappa shape index (κ3) is 6.24. The molecule has 0 aliphatic rings. The number of carbonyl (C=O) groups excluding carboxylic acids is 1. The summed E-state index contributed by atoms with van der Waals surface area (Å²) in [6.07, 6.45) is 1.69. The average molecular weight is 468 g/mol. The van der Waals surface area contributed by atoms with Crippen LogP contribution in [0.5, 0.6) is 0 Å². The zero-order valence-corrected chi connectivity index (χ0v) is 20.7. The van der Waals surface area contributed by atoms with Crippen molar-refractivity contribution in [2.45, 2.75) is 63.4 Å². The molecule has 0 bridgehead atoms. The molecule has 0 aliphatic carbocycles. The highest BCUT2D eigenvalue weighted by Crippen LogP contribution is 2.28. The summed E-state index contributed by atoms with van der Waals surface area (Å²) in [5.74, 6) is 0.237. The Hall–Kier alpha value is -2.64. The maximum absolute atomic E-state index is 13.2. The number of ether oxygens (including phenoxy) is 1. The van der Waals surface area contributed by atoms with Crippen LogP contribution in [0.3, 0.4) is 0 Å². The Bertz CT molecular complexity index is 1150. The molecule has 3 rings (SSSR count). The highest BCUT2D eigenvalue weighted by atomic mass is 32.2. The van der Waals surface area contributed by atoms with E-state index in [1.165, 1.54) is 11.8 Å². The fraction of sp³-hybridized carbons (Fsp3) is 0.423. The maximum Gasteiger partial charge on any atom is 0.262 e. The first-order valence-corrected chi connectivity index (χ1v) is 12.5. The molecule has 3 aromatic rings. The Morgan fingerprint density at radius 3 is 2.61 bits per heavy atom. The van der Waals surface area contributed by atoms with Crippen LogP contribution in [0.25, 0.3) is 10.9 Å². The molecule has 1 aromatic heterocycles. The zero-order valence-electron chi connectivity index (χ0n) is 19.8. The number of para-hydroxylation sites is 2. The number of aromatic nitrogens is 2. The number of nitrogens with one attached hydrogen (secondary N) is 1. The second-order valence-electron chi connectivity index (χ2n) is 8.06. The molecule has 6 nitrogen and oxygen atoms in total. The van der Waals surface area contributed by atoms with E-state index in [1.54, 1.807) is 10.6 Å². The number of thioether (sulfide) groups is 1. The number of nitrogens with zero attached hydrogens (tertiary/aromatic N) is 2. The predicted octanol–water partition coefficient (Wildman–Crippen LogP) is 5.46. The molecule has 0 spiro atoms. The van der Waals surface area contributed by atoms with Gasteiger partial charge in [-0.15, -0.1) is 0 Å². The van der Waals surface area contributed by atoms with Gasteiger partial charge in [0.25, 0.3) is 5.56 Å². The molecular formula is C26H33N3O3S. The van der Waals surface area contributed by atoms with Gasteiger partial charge in [0.2, 0.25) is 5.91 Å². The van der Waals surface area contributed by atoms with Crippen molar-refractivity contribution in [3.05, 3.63) is 64.4 Å². The Labute approximate surface area is 199 Å². The summed E-state index contributed by atoms with van der Waals surface area (Å²) in [4.78, 5) is 31.0. The van der Waals surface area contributed by atoms with Gasteiger partial charge in [-0.05, 0) is 56.4 Å². The van der Waals surface area contributed by atoms with E-state index in [4.69, 9.17) is 9.72 Å². The summed E-state index contributed by atoms with van der Waals surface area (Å²) in [6, 6.07) is 15.3. The molecule has 2 aromatic carbocycles. The third-order valence-corrected chi connectivity index (χ3v) is 6.80. The lowest BCUT2D eigenvalue weighted by atomic mass is 9.97. The zero-order chi connectivity index (χ0) is 23.8. The second-order valence-corrected chi connectivity index (χ2v) is 9.37. The molecule has 176 valence electrons. The molecule has 1 heterocycles. The van der Waals surface area contributed by atoms with Gasteiger partial charge in [-0.25, -0.2) is 4.98 Å². The number of hydrogen-bond donors (Lipinski definition) is 1. The fourth-order valence-electron chi connectivity index (χ4n) is 3.61. The molecule has 1 N–H and O–H groups in total. The van der Waals surface area contributed by atoms with Crippen LogP contribution >= 0.6 is 11.8 Å². The van der Waals surface area contributed by atoms with Gasteiger partial charge in [0.15, 0.2) is 5.16 Å². The van der Waals surface area contributed by atoms with Gasteiger partial charge < -0.3 is 10.1 Å². The lowest BCUT2D eigenvalue weighted by Crippen LogP contribution is -2.27. The third-order valence-electron chi connectivity index (χ3n) is 5.71. The van der Waals surface area contributed by atoms with Crippen LogP contribution in [0.15, 0.2) is 58.5 Å². The van der Waals surface area contributed by atoms with Crippen LogP contribution in [0.4, 0.5) is 5.69 Å². The SMILES string of the molecule is CCOCCCn1c(SC(C)C(=O)Nc2ccccc2C(C)CC)nc2ccccc2c1=O. The Kier molecular flexibility index (Phi) is 9.09. The van der Waals surface area contributed by atoms with E-state index >= 15 is 0 Å². The number of rotatable bonds is 11. The van der Waals surface area contributed by atoms with Crippen LogP contribution in [0, 0.1) is 0 Å². The molecule has 0 saturated carbocycles. The van der Waals surface area contributed by atoms with Crippen molar-refractivity contribution in [1.29, 1.82) is 0 Å². The quantitative estimate of drug-likeness (QED) is 0.230. The smallest absolute Gasteiger partial charge is 0.262 e. The van der Waals surface area contributed by atoms with Gasteiger partial charge in [-0.2, -0.15) is 0 Å². The van der Waals surface area contributed by atoms with Gasteiger partial charge in [0.05, 0.1) is 16.2 Å². The minimum Gasteiger partial charge on any atom is -0.382 e. The first-order chi connectivity index (χ1) is 16.0. The lowest BCUT2D eigenvalue weighted by molar-refractivity contribution is -0.115. The van der Waals surface area contributed by atoms with Crippen LogP contribution in [-0.4, -0.2) is 33.9 Å². The first-order valence-electron chi connectivity index (χ1n) is 11.6. The van der Waals surface area contributed by atoms with Crippen molar-refractivity contribution >= 4 is 34.3 Å². The summed E-state index contributed by atoms with van der Waals surface area (Å²) in [5, 5.41) is 3.78. The number of anilines is 1. The van der Waals surface area contributed by atoms with Crippen molar-refractivity contribution in [3.63, 3.8) is 0 Å². The van der Waals surface area contributed by atoms with Crippen LogP contribution in [0.1, 0.15) is 52.0 Å². The molecule has 0 aliphatic heterocycles. The van der Waals surface area contributed by atoms with E-state index in [1.807, 2.05) is 50.2 Å². The Balaban J connectivity index is 1.84. The molecular weight excluding hydrogens is 434 g/mol. The molecule has 2 unspecified atom stereocenters. The Morgan fingerprint density at radius 1 is 1.12 bits per heavy atom. The van der Waals surface area contributed by atoms with Crippen molar-refractivity contribution in [1.82, 2.24) is 9.55 Å². The summed E-state index contributed by atoms with van der Waals surface area (Å²) < 4.78 is 7.11. The fourth-order valence-corrected chi connectivity index (χ4v) is 4.55. The normalized spacial score (nSPS) is 13.1. The summed E-state index contributed by atoms with van der Waals surface area (Å²) in [5.41, 5.74) is 2.52. The van der Waals surface area contributed by atoms with Gasteiger partial charge in [0.1, 0.15) is 0 Å². The van der Waals surface area contributed by atoms with E-state index in [0.717, 1.165) is 17.7 Å². The van der Waals surface area contributed by atoms with Crippen molar-refractivity contribution in [2.75, 3.05) is 18.5 Å². The molecule has 1 amide bonds. The predicted molar refractivity (Wildman–Crippen MR) is 136 cm³/mol. The van der Waals surface area contributed by atoms with E-state index in [2.05, 4.69) is 25.2 Å². The monoisotopic (exact) mass is 467 g/mol. The Morgan fingerprint density at radius 2 is 1.85 bits per heavy atom. The molecule has 33 heavy (non-hydrogen) atoms. The minimum absolute atomic E-state index is 0.0886. The van der Waals surface area contributed by atoms with E-state index in [9.17, 15) is 9.59 Å². The van der Waals surface area contributed by atoms with Crippen molar-refractivity contribution in [3.8, 4) is 0 Å².